The van der Waals surface area contributed by atoms with Crippen molar-refractivity contribution in [1.82, 2.24) is 0 Å². The molecule has 7 nitrogen and oxygen atoms in total. The maximum atomic E-state index is 11.4. The third kappa shape index (κ3) is 14.1. The molecule has 0 aromatic heterocycles. The van der Waals surface area contributed by atoms with Gasteiger partial charge in [0.1, 0.15) is 42.5 Å². The lowest BCUT2D eigenvalue weighted by Gasteiger charge is -2.13. The van der Waals surface area contributed by atoms with Gasteiger partial charge in [0.15, 0.2) is 11.5 Å². The third-order valence-corrected chi connectivity index (χ3v) is 8.38. The van der Waals surface area contributed by atoms with Gasteiger partial charge in [-0.3, -0.25) is 4.79 Å². The van der Waals surface area contributed by atoms with Gasteiger partial charge >= 0.3 is 0 Å². The molecule has 52 heavy (non-hydrogen) atoms. The summed E-state index contributed by atoms with van der Waals surface area (Å²) in [5, 5.41) is 0. The zero-order valence-corrected chi connectivity index (χ0v) is 30.0. The molecule has 0 spiro atoms. The number of rotatable bonds is 25. The van der Waals surface area contributed by atoms with E-state index in [4.69, 9.17) is 28.4 Å². The van der Waals surface area contributed by atoms with E-state index in [1.54, 1.807) is 12.1 Å². The highest BCUT2D eigenvalue weighted by Gasteiger charge is 2.08. The molecule has 0 aliphatic carbocycles. The number of benzene rings is 5. The minimum atomic E-state index is 0.545. The van der Waals surface area contributed by atoms with Crippen LogP contribution in [-0.2, 0) is 13.2 Å². The summed E-state index contributed by atoms with van der Waals surface area (Å²) in [6.07, 6.45) is 8.76. The second-order valence-corrected chi connectivity index (χ2v) is 12.5. The predicted octanol–water partition coefficient (Wildman–Crippen LogP) is 10.7. The molecule has 5 aromatic rings. The highest BCUT2D eigenvalue weighted by Crippen LogP contribution is 2.29. The standard InChI is InChI=1S/C45H50O7/c46-34-39-19-28-44(49-31-13-3-1-11-29-47-40-20-24-42(25-21-40)51-35-37-15-7-5-8-16-37)45(33-39)50-32-14-4-2-12-30-48-41-22-26-43(27-23-41)52-36-38-17-9-6-10-18-38/h5-10,15-28,33-34H,1-4,11-14,29-32,35-36H2. The number of carbonyl (C=O) groups is 1. The summed E-state index contributed by atoms with van der Waals surface area (Å²) in [5.74, 6) is 4.64. The van der Waals surface area contributed by atoms with E-state index < -0.39 is 0 Å². The Labute approximate surface area is 308 Å². The summed E-state index contributed by atoms with van der Waals surface area (Å²) in [6, 6.07) is 41.2. The number of aldehydes is 1. The molecule has 0 aliphatic heterocycles. The van der Waals surface area contributed by atoms with E-state index in [0.29, 0.717) is 56.7 Å². The Hall–Kier alpha value is -5.43. The van der Waals surface area contributed by atoms with Crippen molar-refractivity contribution in [2.45, 2.75) is 64.6 Å². The number of hydrogen-bond acceptors (Lipinski definition) is 7. The highest BCUT2D eigenvalue weighted by atomic mass is 16.5. The molecule has 0 N–H and O–H groups in total. The van der Waals surface area contributed by atoms with E-state index in [0.717, 1.165) is 91.8 Å². The fourth-order valence-electron chi connectivity index (χ4n) is 5.44. The minimum absolute atomic E-state index is 0.545. The van der Waals surface area contributed by atoms with Gasteiger partial charge in [0.25, 0.3) is 0 Å². The van der Waals surface area contributed by atoms with Gasteiger partial charge in [0.05, 0.1) is 26.4 Å². The van der Waals surface area contributed by atoms with E-state index in [1.807, 2.05) is 91.0 Å². The average Bonchev–Trinajstić information content (AvgIpc) is 3.20. The van der Waals surface area contributed by atoms with Crippen LogP contribution in [0.3, 0.4) is 0 Å². The summed E-state index contributed by atoms with van der Waals surface area (Å²) in [5.41, 5.74) is 2.86. The molecule has 0 aliphatic rings. The van der Waals surface area contributed by atoms with E-state index >= 15 is 0 Å². The average molecular weight is 703 g/mol. The molecule has 0 unspecified atom stereocenters. The van der Waals surface area contributed by atoms with Crippen LogP contribution < -0.4 is 28.4 Å². The maximum absolute atomic E-state index is 11.4. The Morgan fingerprint density at radius 1 is 0.365 bits per heavy atom. The molecule has 0 saturated carbocycles. The Morgan fingerprint density at radius 3 is 1.17 bits per heavy atom. The quantitative estimate of drug-likeness (QED) is 0.0443. The Morgan fingerprint density at radius 2 is 0.750 bits per heavy atom. The van der Waals surface area contributed by atoms with Gasteiger partial charge in [-0.05, 0) is 129 Å². The maximum Gasteiger partial charge on any atom is 0.161 e. The Bertz CT molecular complexity index is 1690. The normalized spacial score (nSPS) is 10.7. The summed E-state index contributed by atoms with van der Waals surface area (Å²) >= 11 is 0. The van der Waals surface area contributed by atoms with Crippen molar-refractivity contribution in [2.75, 3.05) is 26.4 Å². The van der Waals surface area contributed by atoms with Crippen LogP contribution in [0.4, 0.5) is 0 Å². The van der Waals surface area contributed by atoms with Crippen LogP contribution in [0.2, 0.25) is 0 Å². The van der Waals surface area contributed by atoms with Crippen molar-refractivity contribution in [3.63, 3.8) is 0 Å². The third-order valence-electron chi connectivity index (χ3n) is 8.38. The zero-order valence-electron chi connectivity index (χ0n) is 30.0. The second kappa shape index (κ2) is 22.4. The van der Waals surface area contributed by atoms with Crippen LogP contribution >= 0.6 is 0 Å². The van der Waals surface area contributed by atoms with Crippen LogP contribution in [0.15, 0.2) is 127 Å². The van der Waals surface area contributed by atoms with Crippen molar-refractivity contribution in [2.24, 2.45) is 0 Å². The lowest BCUT2D eigenvalue weighted by atomic mass is 10.2. The van der Waals surface area contributed by atoms with Crippen molar-refractivity contribution in [1.29, 1.82) is 0 Å². The van der Waals surface area contributed by atoms with Crippen LogP contribution in [-0.4, -0.2) is 32.7 Å². The number of carbonyl (C=O) groups excluding carboxylic acids is 1. The summed E-state index contributed by atoms with van der Waals surface area (Å²) < 4.78 is 35.6. The summed E-state index contributed by atoms with van der Waals surface area (Å²) in [6.45, 7) is 3.58. The van der Waals surface area contributed by atoms with Crippen molar-refractivity contribution >= 4 is 6.29 Å². The monoisotopic (exact) mass is 702 g/mol. The first-order valence-corrected chi connectivity index (χ1v) is 18.4. The summed E-state index contributed by atoms with van der Waals surface area (Å²) in [7, 11) is 0. The predicted molar refractivity (Wildman–Crippen MR) is 205 cm³/mol. The Kier molecular flexibility index (Phi) is 16.3. The lowest BCUT2D eigenvalue weighted by Crippen LogP contribution is -2.04. The SMILES string of the molecule is O=Cc1ccc(OCCCCCCOc2ccc(OCc3ccccc3)cc2)c(OCCCCCCOc2ccc(OCc3ccccc3)cc2)c1. The molecule has 0 fully saturated rings. The van der Waals surface area contributed by atoms with Crippen molar-refractivity contribution < 1.29 is 33.2 Å². The first-order valence-electron chi connectivity index (χ1n) is 18.4. The molecule has 272 valence electrons. The van der Waals surface area contributed by atoms with E-state index in [9.17, 15) is 4.79 Å². The first kappa shape index (κ1) is 37.8. The topological polar surface area (TPSA) is 72.5 Å². The number of hydrogen-bond donors (Lipinski definition) is 0. The first-order chi connectivity index (χ1) is 25.7. The molecule has 5 aromatic carbocycles. The molecule has 0 saturated heterocycles. The molecular weight excluding hydrogens is 652 g/mol. The molecule has 0 bridgehead atoms. The van der Waals surface area contributed by atoms with E-state index in [2.05, 4.69) is 24.3 Å². The minimum Gasteiger partial charge on any atom is -0.494 e. The van der Waals surface area contributed by atoms with E-state index in [1.165, 1.54) is 0 Å². The Balaban J connectivity index is 0.883. The molecular formula is C45H50O7. The van der Waals surface area contributed by atoms with Gasteiger partial charge < -0.3 is 28.4 Å². The van der Waals surface area contributed by atoms with Crippen LogP contribution in [0.5, 0.6) is 34.5 Å². The highest BCUT2D eigenvalue weighted by molar-refractivity contribution is 5.76. The molecule has 0 radical (unpaired) electrons. The van der Waals surface area contributed by atoms with Gasteiger partial charge in [0.2, 0.25) is 0 Å². The van der Waals surface area contributed by atoms with Gasteiger partial charge in [0, 0.05) is 5.56 Å². The lowest BCUT2D eigenvalue weighted by molar-refractivity contribution is 0.112. The van der Waals surface area contributed by atoms with Crippen LogP contribution in [0.1, 0.15) is 72.9 Å². The number of ether oxygens (including phenoxy) is 6. The van der Waals surface area contributed by atoms with Gasteiger partial charge in [-0.1, -0.05) is 60.7 Å². The molecule has 0 heterocycles. The van der Waals surface area contributed by atoms with Crippen LogP contribution in [0.25, 0.3) is 0 Å². The second-order valence-electron chi connectivity index (χ2n) is 12.5. The molecule has 0 amide bonds. The van der Waals surface area contributed by atoms with Crippen molar-refractivity contribution in [3.05, 3.63) is 144 Å². The van der Waals surface area contributed by atoms with E-state index in [-0.39, 0.29) is 0 Å². The largest absolute Gasteiger partial charge is 0.494 e. The van der Waals surface area contributed by atoms with Crippen LogP contribution in [0, 0.1) is 0 Å². The molecule has 0 atom stereocenters. The summed E-state index contributed by atoms with van der Waals surface area (Å²) in [4.78, 5) is 11.4. The smallest absolute Gasteiger partial charge is 0.161 e. The molecule has 7 heteroatoms. The van der Waals surface area contributed by atoms with Gasteiger partial charge in [-0.25, -0.2) is 0 Å². The zero-order chi connectivity index (χ0) is 35.9. The number of unbranched alkanes of at least 4 members (excludes halogenated alkanes) is 6. The van der Waals surface area contributed by atoms with Gasteiger partial charge in [-0.2, -0.15) is 0 Å². The molecule has 5 rings (SSSR count). The van der Waals surface area contributed by atoms with Gasteiger partial charge in [-0.15, -0.1) is 0 Å². The van der Waals surface area contributed by atoms with Crippen molar-refractivity contribution in [3.8, 4) is 34.5 Å². The fraction of sp³-hybridized carbons (Fsp3) is 0.311. The fourth-order valence-corrected chi connectivity index (χ4v) is 5.44.